The molecule has 8 nitrogen and oxygen atoms in total. The van der Waals surface area contributed by atoms with Crippen LogP contribution in [-0.2, 0) is 14.3 Å². The molecule has 2 aromatic rings. The molecule has 3 rings (SSSR count). The molecule has 1 amide bonds. The van der Waals surface area contributed by atoms with Crippen molar-refractivity contribution in [2.45, 2.75) is 19.3 Å². The van der Waals surface area contributed by atoms with Crippen LogP contribution in [-0.4, -0.2) is 44.8 Å². The molecule has 0 bridgehead atoms. The fourth-order valence-electron chi connectivity index (χ4n) is 3.03. The fraction of sp³-hybridized carbons (Fsp3) is 0.304. The summed E-state index contributed by atoms with van der Waals surface area (Å²) < 4.78 is 21.1. The number of carbonyl (C=O) groups excluding carboxylic acids is 2. The Morgan fingerprint density at radius 1 is 1.12 bits per heavy atom. The maximum atomic E-state index is 12.5. The van der Waals surface area contributed by atoms with Crippen molar-refractivity contribution in [3.05, 3.63) is 52.4 Å². The van der Waals surface area contributed by atoms with Crippen LogP contribution in [0.25, 0.3) is 6.08 Å². The molecule has 0 saturated carbocycles. The first kappa shape index (κ1) is 23.3. The minimum absolute atomic E-state index is 0.180. The third kappa shape index (κ3) is 5.88. The van der Waals surface area contributed by atoms with Gasteiger partial charge in [-0.3, -0.25) is 4.79 Å². The zero-order valence-electron chi connectivity index (χ0n) is 18.4. The van der Waals surface area contributed by atoms with Crippen LogP contribution >= 0.6 is 11.8 Å². The van der Waals surface area contributed by atoms with E-state index in [1.54, 1.807) is 38.3 Å². The number of methoxy groups -OCH3 is 2. The highest BCUT2D eigenvalue weighted by Crippen LogP contribution is 2.35. The normalized spacial score (nSPS) is 16.4. The lowest BCUT2D eigenvalue weighted by Gasteiger charge is -2.16. The Morgan fingerprint density at radius 3 is 2.59 bits per heavy atom. The zero-order valence-corrected chi connectivity index (χ0v) is 19.2. The van der Waals surface area contributed by atoms with Crippen LogP contribution in [0.5, 0.6) is 17.2 Å². The molecule has 1 unspecified atom stereocenters. The van der Waals surface area contributed by atoms with Crippen LogP contribution in [0.4, 0.5) is 5.69 Å². The van der Waals surface area contributed by atoms with Crippen molar-refractivity contribution < 1.29 is 28.5 Å². The van der Waals surface area contributed by atoms with Gasteiger partial charge in [-0.25, -0.2) is 4.79 Å². The molecule has 1 aliphatic heterocycles. The monoisotopic (exact) mass is 458 g/mol. The van der Waals surface area contributed by atoms with Crippen molar-refractivity contribution in [2.75, 3.05) is 32.8 Å². The van der Waals surface area contributed by atoms with Crippen molar-refractivity contribution in [3.8, 4) is 17.2 Å². The predicted molar refractivity (Wildman–Crippen MR) is 124 cm³/mol. The topological polar surface area (TPSA) is 95.1 Å². The molecule has 0 radical (unpaired) electrons. The Hall–Kier alpha value is -3.33. The largest absolute Gasteiger partial charge is 0.495 e. The number of rotatable bonds is 9. The number of anilines is 1. The molecule has 9 heteroatoms. The first-order valence-electron chi connectivity index (χ1n) is 10.00. The van der Waals surface area contributed by atoms with Gasteiger partial charge in [-0.2, -0.15) is 0 Å². The van der Waals surface area contributed by atoms with E-state index in [4.69, 9.17) is 18.9 Å². The van der Waals surface area contributed by atoms with Crippen LogP contribution < -0.4 is 24.8 Å². The number of amides is 1. The molecule has 2 N–H and O–H groups in total. The maximum Gasteiger partial charge on any atom is 0.344 e. The number of aryl methyl sites for hydroxylation is 1. The van der Waals surface area contributed by atoms with E-state index in [0.717, 1.165) is 16.8 Å². The number of carbonyl (C=O) groups is 2. The molecule has 0 spiro atoms. The van der Waals surface area contributed by atoms with E-state index >= 15 is 0 Å². The summed E-state index contributed by atoms with van der Waals surface area (Å²) in [5.74, 6) is 0.929. The quantitative estimate of drug-likeness (QED) is 0.435. The molecule has 32 heavy (non-hydrogen) atoms. The molecule has 1 saturated heterocycles. The lowest BCUT2D eigenvalue weighted by molar-refractivity contribution is -0.145. The number of thioether (sulfide) groups is 1. The summed E-state index contributed by atoms with van der Waals surface area (Å²) in [5.41, 5.74) is 2.31. The highest BCUT2D eigenvalue weighted by molar-refractivity contribution is 8.05. The highest BCUT2D eigenvalue weighted by Gasteiger charge is 2.28. The van der Waals surface area contributed by atoms with E-state index in [2.05, 4.69) is 10.6 Å². The summed E-state index contributed by atoms with van der Waals surface area (Å²) >= 11 is 1.37. The van der Waals surface area contributed by atoms with Crippen LogP contribution in [0.1, 0.15) is 18.1 Å². The summed E-state index contributed by atoms with van der Waals surface area (Å²) in [5, 5.41) is 6.20. The van der Waals surface area contributed by atoms with Gasteiger partial charge in [0.15, 0.2) is 23.6 Å². The number of hydrogen-bond donors (Lipinski definition) is 2. The van der Waals surface area contributed by atoms with Crippen LogP contribution in [0.2, 0.25) is 0 Å². The summed E-state index contributed by atoms with van der Waals surface area (Å²) in [6.07, 6.45) is 1.77. The summed E-state index contributed by atoms with van der Waals surface area (Å²) in [6.45, 7) is 3.80. The van der Waals surface area contributed by atoms with Crippen LogP contribution in [0.15, 0.2) is 41.3 Å². The Balaban J connectivity index is 1.71. The third-order valence-corrected chi connectivity index (χ3v) is 5.54. The van der Waals surface area contributed by atoms with Gasteiger partial charge in [0.2, 0.25) is 0 Å². The lowest BCUT2D eigenvalue weighted by Crippen LogP contribution is -2.31. The first-order chi connectivity index (χ1) is 15.4. The molecule has 1 heterocycles. The Morgan fingerprint density at radius 2 is 1.88 bits per heavy atom. The SMILES string of the molecule is CCOC(=O)COc1ccc(/C=C2\SC(Nc3cc(C)ccc3OC)NC2=O)cc1OC. The minimum Gasteiger partial charge on any atom is -0.495 e. The average Bonchev–Trinajstić information content (AvgIpc) is 3.11. The zero-order chi connectivity index (χ0) is 23.1. The second-order valence-electron chi connectivity index (χ2n) is 6.83. The molecule has 0 aliphatic carbocycles. The number of nitrogens with one attached hydrogen (secondary N) is 2. The van der Waals surface area contributed by atoms with E-state index in [1.807, 2.05) is 25.1 Å². The standard InChI is InChI=1S/C23H26N2O6S/c1-5-30-21(26)13-31-18-9-7-15(11-19(18)29-4)12-20-22(27)25-23(32-20)24-16-10-14(2)6-8-17(16)28-3/h6-12,23-24H,5,13H2,1-4H3,(H,25,27)/b20-12-. The molecule has 1 aliphatic rings. The van der Waals surface area contributed by atoms with Gasteiger partial charge in [0, 0.05) is 0 Å². The summed E-state index contributed by atoms with van der Waals surface area (Å²) in [6, 6.07) is 11.0. The van der Waals surface area contributed by atoms with E-state index in [-0.39, 0.29) is 24.6 Å². The van der Waals surface area contributed by atoms with Crippen molar-refractivity contribution >= 4 is 35.4 Å². The van der Waals surface area contributed by atoms with Gasteiger partial charge < -0.3 is 29.6 Å². The predicted octanol–water partition coefficient (Wildman–Crippen LogP) is 3.55. The average molecular weight is 459 g/mol. The minimum atomic E-state index is -0.455. The van der Waals surface area contributed by atoms with Gasteiger partial charge in [-0.1, -0.05) is 23.9 Å². The molecular formula is C23H26N2O6S. The second-order valence-corrected chi connectivity index (χ2v) is 7.98. The van der Waals surface area contributed by atoms with E-state index in [1.165, 1.54) is 18.9 Å². The highest BCUT2D eigenvalue weighted by atomic mass is 32.2. The Labute approximate surface area is 191 Å². The van der Waals surface area contributed by atoms with Crippen molar-refractivity contribution in [2.24, 2.45) is 0 Å². The van der Waals surface area contributed by atoms with E-state index in [9.17, 15) is 9.59 Å². The molecule has 0 aromatic heterocycles. The van der Waals surface area contributed by atoms with Gasteiger partial charge in [-0.05, 0) is 55.3 Å². The molecule has 170 valence electrons. The second kappa shape index (κ2) is 10.8. The van der Waals surface area contributed by atoms with Gasteiger partial charge in [0.25, 0.3) is 5.91 Å². The fourth-order valence-corrected chi connectivity index (χ4v) is 4.00. The number of esters is 1. The van der Waals surface area contributed by atoms with E-state index < -0.39 is 5.97 Å². The van der Waals surface area contributed by atoms with Crippen molar-refractivity contribution in [3.63, 3.8) is 0 Å². The molecule has 2 aromatic carbocycles. The van der Waals surface area contributed by atoms with Crippen molar-refractivity contribution in [1.82, 2.24) is 5.32 Å². The van der Waals surface area contributed by atoms with Gasteiger partial charge in [-0.15, -0.1) is 0 Å². The van der Waals surface area contributed by atoms with Gasteiger partial charge in [0.1, 0.15) is 5.75 Å². The number of ether oxygens (including phenoxy) is 4. The van der Waals surface area contributed by atoms with E-state index in [0.29, 0.717) is 22.2 Å². The van der Waals surface area contributed by atoms with Gasteiger partial charge >= 0.3 is 5.97 Å². The van der Waals surface area contributed by atoms with Gasteiger partial charge in [0.05, 0.1) is 31.4 Å². The van der Waals surface area contributed by atoms with Crippen molar-refractivity contribution in [1.29, 1.82) is 0 Å². The number of benzene rings is 2. The lowest BCUT2D eigenvalue weighted by atomic mass is 10.2. The Bertz CT molecular complexity index is 1020. The molecule has 1 fully saturated rings. The molecule has 1 atom stereocenters. The molecular weight excluding hydrogens is 432 g/mol. The van der Waals surface area contributed by atoms with Crippen LogP contribution in [0, 0.1) is 6.92 Å². The summed E-state index contributed by atoms with van der Waals surface area (Å²) in [4.78, 5) is 24.5. The maximum absolute atomic E-state index is 12.5. The Kier molecular flexibility index (Phi) is 7.88. The first-order valence-corrected chi connectivity index (χ1v) is 10.9. The number of hydrogen-bond acceptors (Lipinski definition) is 8. The third-order valence-electron chi connectivity index (χ3n) is 4.51. The smallest absolute Gasteiger partial charge is 0.344 e. The van der Waals surface area contributed by atoms with Crippen LogP contribution in [0.3, 0.4) is 0 Å². The summed E-state index contributed by atoms with van der Waals surface area (Å²) in [7, 11) is 3.12.